The number of thioether (sulfide) groups is 1. The van der Waals surface area contributed by atoms with Crippen molar-refractivity contribution in [3.63, 3.8) is 0 Å². The van der Waals surface area contributed by atoms with E-state index >= 15 is 0 Å². The smallest absolute Gasteiger partial charge is 0.0346 e. The summed E-state index contributed by atoms with van der Waals surface area (Å²) in [4.78, 5) is 0. The van der Waals surface area contributed by atoms with E-state index in [1.165, 1.54) is 5.57 Å². The number of allylic oxidation sites excluding steroid dienone is 3. The molecule has 0 heterocycles. The van der Waals surface area contributed by atoms with Crippen LogP contribution < -0.4 is 0 Å². The predicted octanol–water partition coefficient (Wildman–Crippen LogP) is 4.29. The molecule has 1 atom stereocenters. The second kappa shape index (κ2) is 3.77. The number of hydrogen-bond donors (Lipinski definition) is 0. The summed E-state index contributed by atoms with van der Waals surface area (Å²) in [5, 5.41) is 0. The Morgan fingerprint density at radius 2 is 1.93 bits per heavy atom. The minimum absolute atomic E-state index is 0.251. The molecule has 1 unspecified atom stereocenters. The van der Waals surface area contributed by atoms with E-state index in [9.17, 15) is 0 Å². The van der Waals surface area contributed by atoms with Gasteiger partial charge in [-0.1, -0.05) is 39.0 Å². The van der Waals surface area contributed by atoms with E-state index < -0.39 is 0 Å². The van der Waals surface area contributed by atoms with E-state index in [4.69, 9.17) is 0 Å². The van der Waals surface area contributed by atoms with Gasteiger partial charge >= 0.3 is 0 Å². The van der Waals surface area contributed by atoms with Crippen molar-refractivity contribution in [1.82, 2.24) is 0 Å². The molecule has 0 aromatic heterocycles. The summed E-state index contributed by atoms with van der Waals surface area (Å²) < 4.78 is 0.251. The molecule has 80 valence electrons. The summed E-state index contributed by atoms with van der Waals surface area (Å²) in [6.45, 7) is 11.5. The van der Waals surface area contributed by atoms with Crippen molar-refractivity contribution in [2.24, 2.45) is 11.3 Å². The summed E-state index contributed by atoms with van der Waals surface area (Å²) >= 11 is 1.92. The first-order valence-electron chi connectivity index (χ1n) is 5.26. The highest BCUT2D eigenvalue weighted by Crippen LogP contribution is 2.40. The lowest BCUT2D eigenvalue weighted by molar-refractivity contribution is 0.360. The van der Waals surface area contributed by atoms with E-state index in [1.54, 1.807) is 0 Å². The average Bonchev–Trinajstić information content (AvgIpc) is 2.09. The average molecular weight is 210 g/mol. The van der Waals surface area contributed by atoms with Gasteiger partial charge < -0.3 is 0 Å². The fourth-order valence-electron chi connectivity index (χ4n) is 1.52. The molecule has 0 saturated heterocycles. The second-order valence-corrected chi connectivity index (χ2v) is 6.71. The van der Waals surface area contributed by atoms with Crippen LogP contribution in [0.15, 0.2) is 23.8 Å². The van der Waals surface area contributed by atoms with Crippen LogP contribution in [0.4, 0.5) is 0 Å². The zero-order chi connectivity index (χ0) is 11.0. The molecule has 1 aliphatic rings. The van der Waals surface area contributed by atoms with Crippen molar-refractivity contribution in [1.29, 1.82) is 0 Å². The Balaban J connectivity index is 2.93. The first-order valence-corrected chi connectivity index (χ1v) is 6.49. The Bertz CT molecular complexity index is 269. The van der Waals surface area contributed by atoms with Crippen LogP contribution in [0.25, 0.3) is 0 Å². The summed E-state index contributed by atoms with van der Waals surface area (Å²) in [5.41, 5.74) is 1.79. The Labute approximate surface area is 92.9 Å². The van der Waals surface area contributed by atoms with Crippen molar-refractivity contribution >= 4 is 11.8 Å². The lowest BCUT2D eigenvalue weighted by Gasteiger charge is -2.34. The van der Waals surface area contributed by atoms with Crippen LogP contribution in [0.1, 0.15) is 34.6 Å². The Hall–Kier alpha value is -0.170. The lowest BCUT2D eigenvalue weighted by Crippen LogP contribution is -2.25. The molecular formula is C13H22S. The van der Waals surface area contributed by atoms with E-state index in [2.05, 4.69) is 59.1 Å². The van der Waals surface area contributed by atoms with Crippen LogP contribution in [0.5, 0.6) is 0 Å². The number of rotatable bonds is 2. The predicted molar refractivity (Wildman–Crippen MR) is 67.8 cm³/mol. The van der Waals surface area contributed by atoms with Gasteiger partial charge in [-0.15, -0.1) is 0 Å². The Morgan fingerprint density at radius 1 is 1.36 bits per heavy atom. The van der Waals surface area contributed by atoms with Gasteiger partial charge in [0.15, 0.2) is 0 Å². The molecule has 0 nitrogen and oxygen atoms in total. The van der Waals surface area contributed by atoms with Gasteiger partial charge in [-0.25, -0.2) is 0 Å². The molecule has 0 fully saturated rings. The topological polar surface area (TPSA) is 0 Å². The van der Waals surface area contributed by atoms with Crippen LogP contribution in [0.3, 0.4) is 0 Å². The van der Waals surface area contributed by atoms with Crippen molar-refractivity contribution < 1.29 is 0 Å². The normalized spacial score (nSPS) is 26.1. The highest BCUT2D eigenvalue weighted by molar-refractivity contribution is 8.00. The molecule has 0 saturated carbocycles. The lowest BCUT2D eigenvalue weighted by atomic mass is 9.74. The fourth-order valence-corrected chi connectivity index (χ4v) is 1.89. The van der Waals surface area contributed by atoms with Crippen molar-refractivity contribution in [2.75, 3.05) is 6.26 Å². The largest absolute Gasteiger partial charge is 0.154 e. The van der Waals surface area contributed by atoms with E-state index in [0.717, 1.165) is 0 Å². The van der Waals surface area contributed by atoms with Gasteiger partial charge in [0.1, 0.15) is 0 Å². The third-order valence-corrected chi connectivity index (χ3v) is 4.76. The molecule has 14 heavy (non-hydrogen) atoms. The molecule has 1 rings (SSSR count). The van der Waals surface area contributed by atoms with E-state index in [-0.39, 0.29) is 4.75 Å². The minimum Gasteiger partial charge on any atom is -0.154 e. The van der Waals surface area contributed by atoms with Gasteiger partial charge in [0, 0.05) is 4.75 Å². The zero-order valence-corrected chi connectivity index (χ0v) is 11.0. The van der Waals surface area contributed by atoms with Gasteiger partial charge in [-0.05, 0) is 37.0 Å². The standard InChI is InChI=1S/C13H22S/c1-10-9-11(13(4,5)14-6)7-8-12(10,2)3/h7-10H,1-6H3. The van der Waals surface area contributed by atoms with Gasteiger partial charge in [0.2, 0.25) is 0 Å². The third kappa shape index (κ3) is 2.25. The van der Waals surface area contributed by atoms with E-state index in [1.807, 2.05) is 11.8 Å². The molecule has 0 aromatic rings. The quantitative estimate of drug-likeness (QED) is 0.655. The van der Waals surface area contributed by atoms with Gasteiger partial charge in [-0.3, -0.25) is 0 Å². The Kier molecular flexibility index (Phi) is 3.20. The summed E-state index contributed by atoms with van der Waals surface area (Å²) in [6.07, 6.45) is 9.26. The molecular weight excluding hydrogens is 188 g/mol. The van der Waals surface area contributed by atoms with E-state index in [0.29, 0.717) is 11.3 Å². The minimum atomic E-state index is 0.251. The molecule has 1 heteroatoms. The number of hydrogen-bond acceptors (Lipinski definition) is 1. The molecule has 1 aliphatic carbocycles. The first-order chi connectivity index (χ1) is 6.29. The van der Waals surface area contributed by atoms with Crippen molar-refractivity contribution in [3.05, 3.63) is 23.8 Å². The highest BCUT2D eigenvalue weighted by Gasteiger charge is 2.29. The monoisotopic (exact) mass is 210 g/mol. The van der Waals surface area contributed by atoms with Gasteiger partial charge in [0.05, 0.1) is 0 Å². The second-order valence-electron chi connectivity index (χ2n) is 5.28. The van der Waals surface area contributed by atoms with Crippen LogP contribution in [0.2, 0.25) is 0 Å². The van der Waals surface area contributed by atoms with Crippen molar-refractivity contribution in [2.45, 2.75) is 39.4 Å². The van der Waals surface area contributed by atoms with Crippen LogP contribution >= 0.6 is 11.8 Å². The molecule has 0 radical (unpaired) electrons. The van der Waals surface area contributed by atoms with Crippen LogP contribution in [0, 0.1) is 11.3 Å². The van der Waals surface area contributed by atoms with Gasteiger partial charge in [0.25, 0.3) is 0 Å². The highest BCUT2D eigenvalue weighted by atomic mass is 32.2. The van der Waals surface area contributed by atoms with Crippen LogP contribution in [-0.2, 0) is 0 Å². The fraction of sp³-hybridized carbons (Fsp3) is 0.692. The third-order valence-electron chi connectivity index (χ3n) is 3.50. The Morgan fingerprint density at radius 3 is 2.36 bits per heavy atom. The summed E-state index contributed by atoms with van der Waals surface area (Å²) in [5.74, 6) is 0.633. The molecule has 0 spiro atoms. The first kappa shape index (κ1) is 11.9. The summed E-state index contributed by atoms with van der Waals surface area (Å²) in [6, 6.07) is 0. The SMILES string of the molecule is CSC(C)(C)C1=CC(C)C(C)(C)C=C1. The van der Waals surface area contributed by atoms with Crippen molar-refractivity contribution in [3.8, 4) is 0 Å². The maximum absolute atomic E-state index is 2.43. The molecule has 0 bridgehead atoms. The molecule has 0 amide bonds. The maximum Gasteiger partial charge on any atom is 0.0346 e. The van der Waals surface area contributed by atoms with Crippen LogP contribution in [-0.4, -0.2) is 11.0 Å². The molecule has 0 aromatic carbocycles. The molecule has 0 N–H and O–H groups in total. The maximum atomic E-state index is 2.43. The van der Waals surface area contributed by atoms with Gasteiger partial charge in [-0.2, -0.15) is 11.8 Å². The summed E-state index contributed by atoms with van der Waals surface area (Å²) in [7, 11) is 0. The zero-order valence-electron chi connectivity index (χ0n) is 10.2. The molecule has 0 aliphatic heterocycles.